The minimum Gasteiger partial charge on any atom is -0.488 e. The number of fused-ring (bicyclic) bond motifs is 2. The molecule has 0 spiro atoms. The lowest BCUT2D eigenvalue weighted by atomic mass is 10.1. The number of amides is 1. The maximum Gasteiger partial charge on any atom is 0.244 e. The molecule has 128 valence electrons. The molecule has 5 nitrogen and oxygen atoms in total. The summed E-state index contributed by atoms with van der Waals surface area (Å²) in [5.41, 5.74) is 1.95. The molecule has 1 amide bonds. The van der Waals surface area contributed by atoms with Crippen molar-refractivity contribution in [2.24, 2.45) is 0 Å². The molecule has 0 aromatic heterocycles. The zero-order valence-corrected chi connectivity index (χ0v) is 14.1. The molecule has 0 aliphatic carbocycles. The fourth-order valence-corrected chi connectivity index (χ4v) is 3.17. The highest BCUT2D eigenvalue weighted by atomic mass is 35.5. The van der Waals surface area contributed by atoms with Gasteiger partial charge in [0.15, 0.2) is 11.5 Å². The van der Waals surface area contributed by atoms with Crippen LogP contribution in [0, 0.1) is 0 Å². The molecule has 6 heteroatoms. The third kappa shape index (κ3) is 3.42. The number of nitrogens with one attached hydrogen (secondary N) is 1. The van der Waals surface area contributed by atoms with E-state index < -0.39 is 0 Å². The summed E-state index contributed by atoms with van der Waals surface area (Å²) in [6, 6.07) is 11.4. The van der Waals surface area contributed by atoms with Gasteiger partial charge in [0.25, 0.3) is 0 Å². The van der Waals surface area contributed by atoms with Crippen molar-refractivity contribution < 1.29 is 19.0 Å². The number of para-hydroxylation sites is 1. The van der Waals surface area contributed by atoms with Gasteiger partial charge < -0.3 is 19.5 Å². The van der Waals surface area contributed by atoms with Crippen LogP contribution in [0.15, 0.2) is 42.5 Å². The Hall–Kier alpha value is -2.66. The quantitative estimate of drug-likeness (QED) is 0.854. The molecule has 0 unspecified atom stereocenters. The fraction of sp³-hybridized carbons (Fsp3) is 0.211. The van der Waals surface area contributed by atoms with Crippen molar-refractivity contribution in [1.82, 2.24) is 5.32 Å². The molecule has 0 radical (unpaired) electrons. The number of hydrogen-bond donors (Lipinski definition) is 1. The lowest BCUT2D eigenvalue weighted by Gasteiger charge is -2.10. The first-order valence-corrected chi connectivity index (χ1v) is 8.36. The second-order valence-electron chi connectivity index (χ2n) is 5.87. The second-order valence-corrected chi connectivity index (χ2v) is 6.27. The monoisotopic (exact) mass is 357 g/mol. The standard InChI is InChI=1S/C19H16ClNO4/c20-15-7-12(8-17-19(15)24-11-23-17)5-6-18(22)21-10-14-9-13-3-1-2-4-16(13)25-14/h1-8,14H,9-11H2,(H,21,22)/b6-5+/t14-/m1/s1. The summed E-state index contributed by atoms with van der Waals surface area (Å²) in [4.78, 5) is 12.0. The predicted molar refractivity (Wildman–Crippen MR) is 94.2 cm³/mol. The van der Waals surface area contributed by atoms with Gasteiger partial charge in [-0.1, -0.05) is 29.8 Å². The van der Waals surface area contributed by atoms with Gasteiger partial charge in [0.05, 0.1) is 11.6 Å². The summed E-state index contributed by atoms with van der Waals surface area (Å²) in [7, 11) is 0. The van der Waals surface area contributed by atoms with Gasteiger partial charge in [0.1, 0.15) is 11.9 Å². The third-order valence-corrected chi connectivity index (χ3v) is 4.38. The largest absolute Gasteiger partial charge is 0.488 e. The van der Waals surface area contributed by atoms with Crippen molar-refractivity contribution in [2.75, 3.05) is 13.3 Å². The topological polar surface area (TPSA) is 56.8 Å². The maximum atomic E-state index is 12.0. The highest BCUT2D eigenvalue weighted by molar-refractivity contribution is 6.32. The second kappa shape index (κ2) is 6.69. The summed E-state index contributed by atoms with van der Waals surface area (Å²) in [6.07, 6.45) is 3.93. The minimum absolute atomic E-state index is 0.0327. The molecule has 25 heavy (non-hydrogen) atoms. The van der Waals surface area contributed by atoms with Gasteiger partial charge in [0.2, 0.25) is 12.7 Å². The Labute approximate surface area is 150 Å². The van der Waals surface area contributed by atoms with E-state index in [0.29, 0.717) is 23.1 Å². The van der Waals surface area contributed by atoms with Crippen molar-refractivity contribution in [3.8, 4) is 17.2 Å². The number of rotatable bonds is 4. The molecule has 1 atom stereocenters. The maximum absolute atomic E-state index is 12.0. The van der Waals surface area contributed by atoms with Crippen molar-refractivity contribution in [2.45, 2.75) is 12.5 Å². The van der Waals surface area contributed by atoms with Crippen LogP contribution in [0.2, 0.25) is 5.02 Å². The van der Waals surface area contributed by atoms with Crippen LogP contribution in [0.3, 0.4) is 0 Å². The average molecular weight is 358 g/mol. The van der Waals surface area contributed by atoms with Crippen LogP contribution in [0.5, 0.6) is 17.2 Å². The molecular weight excluding hydrogens is 342 g/mol. The van der Waals surface area contributed by atoms with Crippen LogP contribution in [-0.4, -0.2) is 25.3 Å². The Morgan fingerprint density at radius 2 is 2.12 bits per heavy atom. The van der Waals surface area contributed by atoms with Crippen LogP contribution in [0.4, 0.5) is 0 Å². The van der Waals surface area contributed by atoms with Gasteiger partial charge in [-0.25, -0.2) is 0 Å². The molecule has 2 heterocycles. The number of ether oxygens (including phenoxy) is 3. The van der Waals surface area contributed by atoms with E-state index in [4.69, 9.17) is 25.8 Å². The smallest absolute Gasteiger partial charge is 0.244 e. The zero-order chi connectivity index (χ0) is 17.2. The van der Waals surface area contributed by atoms with Crippen molar-refractivity contribution in [3.05, 3.63) is 58.6 Å². The van der Waals surface area contributed by atoms with E-state index in [1.54, 1.807) is 18.2 Å². The van der Waals surface area contributed by atoms with E-state index in [-0.39, 0.29) is 18.8 Å². The van der Waals surface area contributed by atoms with Crippen molar-refractivity contribution >= 4 is 23.6 Å². The van der Waals surface area contributed by atoms with E-state index >= 15 is 0 Å². The summed E-state index contributed by atoms with van der Waals surface area (Å²) in [6.45, 7) is 0.617. The predicted octanol–water partition coefficient (Wildman–Crippen LogP) is 3.20. The van der Waals surface area contributed by atoms with Crippen LogP contribution in [0.1, 0.15) is 11.1 Å². The molecule has 0 bridgehead atoms. The number of carbonyl (C=O) groups is 1. The van der Waals surface area contributed by atoms with Crippen LogP contribution < -0.4 is 19.5 Å². The SMILES string of the molecule is O=C(/C=C/c1cc(Cl)c2c(c1)OCO2)NC[C@H]1Cc2ccccc2O1. The Morgan fingerprint density at radius 1 is 1.24 bits per heavy atom. The molecule has 2 aromatic carbocycles. The van der Waals surface area contributed by atoms with Gasteiger partial charge in [-0.05, 0) is 35.4 Å². The molecular formula is C19H16ClNO4. The first kappa shape index (κ1) is 15.8. The van der Waals surface area contributed by atoms with E-state index in [2.05, 4.69) is 5.32 Å². The van der Waals surface area contributed by atoms with Gasteiger partial charge in [-0.3, -0.25) is 4.79 Å². The van der Waals surface area contributed by atoms with E-state index in [1.165, 1.54) is 11.6 Å². The molecule has 0 saturated carbocycles. The molecule has 2 aromatic rings. The minimum atomic E-state index is -0.187. The Balaban J connectivity index is 1.32. The molecule has 2 aliphatic heterocycles. The summed E-state index contributed by atoms with van der Waals surface area (Å²) in [5.74, 6) is 1.84. The summed E-state index contributed by atoms with van der Waals surface area (Å²) < 4.78 is 16.4. The summed E-state index contributed by atoms with van der Waals surface area (Å²) >= 11 is 6.13. The first-order valence-electron chi connectivity index (χ1n) is 7.98. The number of carbonyl (C=O) groups excluding carboxylic acids is 1. The summed E-state index contributed by atoms with van der Waals surface area (Å²) in [5, 5.41) is 3.32. The average Bonchev–Trinajstić information content (AvgIpc) is 3.24. The molecule has 4 rings (SSSR count). The lowest BCUT2D eigenvalue weighted by molar-refractivity contribution is -0.116. The third-order valence-electron chi connectivity index (χ3n) is 4.09. The highest BCUT2D eigenvalue weighted by Crippen LogP contribution is 2.40. The van der Waals surface area contributed by atoms with Gasteiger partial charge in [0, 0.05) is 12.5 Å². The van der Waals surface area contributed by atoms with E-state index in [1.807, 2.05) is 24.3 Å². The number of benzene rings is 2. The van der Waals surface area contributed by atoms with E-state index in [0.717, 1.165) is 17.7 Å². The lowest BCUT2D eigenvalue weighted by Crippen LogP contribution is -2.33. The Bertz CT molecular complexity index is 824. The van der Waals surface area contributed by atoms with Gasteiger partial charge in [-0.15, -0.1) is 0 Å². The molecule has 0 saturated heterocycles. The highest BCUT2D eigenvalue weighted by Gasteiger charge is 2.22. The number of halogens is 1. The van der Waals surface area contributed by atoms with Crippen LogP contribution >= 0.6 is 11.6 Å². The molecule has 0 fully saturated rings. The van der Waals surface area contributed by atoms with E-state index in [9.17, 15) is 4.79 Å². The molecule has 2 aliphatic rings. The van der Waals surface area contributed by atoms with Gasteiger partial charge >= 0.3 is 0 Å². The Kier molecular flexibility index (Phi) is 4.24. The van der Waals surface area contributed by atoms with Crippen molar-refractivity contribution in [3.63, 3.8) is 0 Å². The molecule has 1 N–H and O–H groups in total. The Morgan fingerprint density at radius 3 is 3.00 bits per heavy atom. The normalized spacial score (nSPS) is 17.4. The van der Waals surface area contributed by atoms with Crippen LogP contribution in [-0.2, 0) is 11.2 Å². The van der Waals surface area contributed by atoms with Gasteiger partial charge in [-0.2, -0.15) is 0 Å². The fourth-order valence-electron chi connectivity index (χ4n) is 2.90. The van der Waals surface area contributed by atoms with Crippen molar-refractivity contribution in [1.29, 1.82) is 0 Å². The zero-order valence-electron chi connectivity index (χ0n) is 13.3. The van der Waals surface area contributed by atoms with Crippen LogP contribution in [0.25, 0.3) is 6.08 Å². The first-order chi connectivity index (χ1) is 12.2. The number of hydrogen-bond acceptors (Lipinski definition) is 4.